The number of hydrogen-bond acceptors (Lipinski definition) is 5. The van der Waals surface area contributed by atoms with Crippen molar-refractivity contribution in [2.75, 3.05) is 30.5 Å². The van der Waals surface area contributed by atoms with Crippen molar-refractivity contribution >= 4 is 34.8 Å². The maximum Gasteiger partial charge on any atom is 0.161 e. The number of fused-ring (bicyclic) bond motifs is 2. The van der Waals surface area contributed by atoms with E-state index in [4.69, 9.17) is 29.0 Å². The van der Waals surface area contributed by atoms with Crippen molar-refractivity contribution in [2.24, 2.45) is 5.84 Å². The maximum atomic E-state index is 6.31. The van der Waals surface area contributed by atoms with Gasteiger partial charge in [0.05, 0.1) is 10.0 Å². The monoisotopic (exact) mass is 315 g/mol. The fourth-order valence-corrected chi connectivity index (χ4v) is 3.81. The minimum absolute atomic E-state index is 0.440. The van der Waals surface area contributed by atoms with E-state index in [0.717, 1.165) is 25.3 Å². The van der Waals surface area contributed by atoms with Gasteiger partial charge in [-0.25, -0.2) is 10.8 Å². The summed E-state index contributed by atoms with van der Waals surface area (Å²) in [5, 5.41) is 1.02. The molecule has 0 amide bonds. The Balaban J connectivity index is 1.89. The van der Waals surface area contributed by atoms with E-state index in [1.54, 1.807) is 6.07 Å². The zero-order chi connectivity index (χ0) is 14.3. The summed E-state index contributed by atoms with van der Waals surface area (Å²) in [6.07, 6.45) is 3.68. The molecule has 0 radical (unpaired) electrons. The summed E-state index contributed by atoms with van der Waals surface area (Å²) in [5.74, 6) is 6.68. The van der Waals surface area contributed by atoms with Crippen molar-refractivity contribution in [3.63, 3.8) is 0 Å². The van der Waals surface area contributed by atoms with E-state index in [1.807, 2.05) is 0 Å². The summed E-state index contributed by atoms with van der Waals surface area (Å²) in [7, 11) is 2.22. The first kappa shape index (κ1) is 14.2. The zero-order valence-corrected chi connectivity index (χ0v) is 13.0. The molecular formula is C13H19Cl2N5. The molecule has 5 nitrogen and oxygen atoms in total. The molecule has 2 saturated heterocycles. The van der Waals surface area contributed by atoms with E-state index < -0.39 is 0 Å². The number of nitrogens with two attached hydrogens (primary N) is 1. The summed E-state index contributed by atoms with van der Waals surface area (Å²) in [6, 6.07) is 2.96. The first-order valence-electron chi connectivity index (χ1n) is 6.89. The maximum absolute atomic E-state index is 6.31. The van der Waals surface area contributed by atoms with Crippen LogP contribution in [0.4, 0.5) is 11.6 Å². The Morgan fingerprint density at radius 1 is 1.25 bits per heavy atom. The molecule has 3 rings (SSSR count). The van der Waals surface area contributed by atoms with Crippen LogP contribution >= 0.6 is 23.2 Å². The van der Waals surface area contributed by atoms with Crippen molar-refractivity contribution in [3.05, 3.63) is 16.1 Å². The van der Waals surface area contributed by atoms with Gasteiger partial charge in [0.1, 0.15) is 5.82 Å². The highest BCUT2D eigenvalue weighted by Crippen LogP contribution is 2.35. The highest BCUT2D eigenvalue weighted by molar-refractivity contribution is 6.37. The predicted octanol–water partition coefficient (Wildman–Crippen LogP) is 2.35. The Labute approximate surface area is 129 Å². The van der Waals surface area contributed by atoms with Gasteiger partial charge in [-0.05, 0) is 32.4 Å². The second-order valence-electron chi connectivity index (χ2n) is 5.55. The Bertz CT molecular complexity index is 510. The summed E-state index contributed by atoms with van der Waals surface area (Å²) in [6.45, 7) is 1.91. The van der Waals surface area contributed by atoms with Gasteiger partial charge in [0, 0.05) is 25.2 Å². The van der Waals surface area contributed by atoms with Crippen LogP contribution in [0.25, 0.3) is 0 Å². The molecule has 1 aromatic rings. The molecule has 20 heavy (non-hydrogen) atoms. The molecule has 2 aliphatic rings. The van der Waals surface area contributed by atoms with Gasteiger partial charge < -0.3 is 10.3 Å². The van der Waals surface area contributed by atoms with Gasteiger partial charge in [0.25, 0.3) is 0 Å². The Hall–Kier alpha value is -0.750. The number of nitrogen functional groups attached to an aromatic ring is 1. The second kappa shape index (κ2) is 5.56. The third-order valence-electron chi connectivity index (χ3n) is 4.50. The van der Waals surface area contributed by atoms with Gasteiger partial charge in [-0.3, -0.25) is 4.90 Å². The lowest BCUT2D eigenvalue weighted by Gasteiger charge is -2.27. The van der Waals surface area contributed by atoms with Gasteiger partial charge in [-0.1, -0.05) is 23.2 Å². The molecule has 1 aromatic heterocycles. The zero-order valence-electron chi connectivity index (χ0n) is 11.4. The van der Waals surface area contributed by atoms with Crippen molar-refractivity contribution in [2.45, 2.75) is 31.3 Å². The standard InChI is InChI=1S/C13H19Cl2N5/c1-19-8-2-3-9(19)7-20(5-4-8)13-11(15)6-10(14)12(17-13)18-16/h6,8-9H,2-5,7,16H2,1H3,(H,17,18). The smallest absolute Gasteiger partial charge is 0.161 e. The number of likely N-dealkylation sites (N-methyl/N-ethyl adjacent to an activating group) is 1. The van der Waals surface area contributed by atoms with E-state index in [-0.39, 0.29) is 0 Å². The second-order valence-corrected chi connectivity index (χ2v) is 6.37. The molecule has 3 heterocycles. The molecule has 2 atom stereocenters. The Morgan fingerprint density at radius 2 is 2.00 bits per heavy atom. The Morgan fingerprint density at radius 3 is 2.75 bits per heavy atom. The average Bonchev–Trinajstić information content (AvgIpc) is 2.65. The lowest BCUT2D eigenvalue weighted by Crippen LogP contribution is -2.37. The molecule has 7 heteroatoms. The molecule has 2 unspecified atom stereocenters. The molecule has 0 aromatic carbocycles. The number of nitrogens with one attached hydrogen (secondary N) is 1. The number of hydrazine groups is 1. The average molecular weight is 316 g/mol. The third kappa shape index (κ3) is 2.44. The molecule has 110 valence electrons. The van der Waals surface area contributed by atoms with Gasteiger partial charge in [0.2, 0.25) is 0 Å². The highest BCUT2D eigenvalue weighted by Gasteiger charge is 2.35. The number of nitrogens with zero attached hydrogens (tertiary/aromatic N) is 3. The Kier molecular flexibility index (Phi) is 3.95. The van der Waals surface area contributed by atoms with E-state index in [2.05, 4.69) is 27.3 Å². The van der Waals surface area contributed by atoms with E-state index in [1.165, 1.54) is 12.8 Å². The van der Waals surface area contributed by atoms with Crippen LogP contribution in [0.2, 0.25) is 10.0 Å². The van der Waals surface area contributed by atoms with E-state index in [0.29, 0.717) is 27.9 Å². The lowest BCUT2D eigenvalue weighted by atomic mass is 10.1. The van der Waals surface area contributed by atoms with Crippen LogP contribution in [0.15, 0.2) is 6.07 Å². The molecule has 0 aliphatic carbocycles. The van der Waals surface area contributed by atoms with Crippen molar-refractivity contribution in [3.8, 4) is 0 Å². The number of halogens is 2. The molecule has 0 spiro atoms. The fraction of sp³-hybridized carbons (Fsp3) is 0.615. The van der Waals surface area contributed by atoms with Crippen molar-refractivity contribution < 1.29 is 0 Å². The predicted molar refractivity (Wildman–Crippen MR) is 83.5 cm³/mol. The summed E-state index contributed by atoms with van der Waals surface area (Å²) < 4.78 is 0. The molecule has 0 saturated carbocycles. The van der Waals surface area contributed by atoms with Gasteiger partial charge in [0.15, 0.2) is 5.82 Å². The number of pyridine rings is 1. The first-order valence-corrected chi connectivity index (χ1v) is 7.65. The molecule has 2 fully saturated rings. The molecule has 2 aliphatic heterocycles. The SMILES string of the molecule is CN1C2CCC1CN(c1nc(NN)c(Cl)cc1Cl)CC2. The number of anilines is 2. The van der Waals surface area contributed by atoms with Gasteiger partial charge in [-0.2, -0.15) is 0 Å². The topological polar surface area (TPSA) is 57.4 Å². The van der Waals surface area contributed by atoms with Crippen LogP contribution in [0.1, 0.15) is 19.3 Å². The summed E-state index contributed by atoms with van der Waals surface area (Å²) in [4.78, 5) is 9.21. The summed E-state index contributed by atoms with van der Waals surface area (Å²) >= 11 is 12.4. The minimum Gasteiger partial charge on any atom is -0.354 e. The van der Waals surface area contributed by atoms with E-state index in [9.17, 15) is 0 Å². The third-order valence-corrected chi connectivity index (χ3v) is 5.06. The van der Waals surface area contributed by atoms with Crippen LogP contribution in [-0.4, -0.2) is 42.1 Å². The van der Waals surface area contributed by atoms with Gasteiger partial charge in [-0.15, -0.1) is 0 Å². The van der Waals surface area contributed by atoms with Crippen LogP contribution in [0, 0.1) is 0 Å². The van der Waals surface area contributed by atoms with Crippen LogP contribution in [0.5, 0.6) is 0 Å². The van der Waals surface area contributed by atoms with Gasteiger partial charge >= 0.3 is 0 Å². The largest absolute Gasteiger partial charge is 0.354 e. The minimum atomic E-state index is 0.440. The van der Waals surface area contributed by atoms with Crippen LogP contribution in [-0.2, 0) is 0 Å². The summed E-state index contributed by atoms with van der Waals surface area (Å²) in [5.41, 5.74) is 2.52. The molecular weight excluding hydrogens is 297 g/mol. The van der Waals surface area contributed by atoms with Crippen LogP contribution < -0.4 is 16.2 Å². The van der Waals surface area contributed by atoms with E-state index >= 15 is 0 Å². The fourth-order valence-electron chi connectivity index (χ4n) is 3.28. The van der Waals surface area contributed by atoms with Crippen molar-refractivity contribution in [1.29, 1.82) is 0 Å². The first-order chi connectivity index (χ1) is 9.60. The normalized spacial score (nSPS) is 26.7. The number of rotatable bonds is 2. The number of hydrogen-bond donors (Lipinski definition) is 2. The molecule has 2 bridgehead atoms. The quantitative estimate of drug-likeness (QED) is 0.648. The number of aromatic nitrogens is 1. The van der Waals surface area contributed by atoms with Crippen molar-refractivity contribution in [1.82, 2.24) is 9.88 Å². The lowest BCUT2D eigenvalue weighted by molar-refractivity contribution is 0.254. The highest BCUT2D eigenvalue weighted by atomic mass is 35.5. The molecule has 3 N–H and O–H groups in total. The van der Waals surface area contributed by atoms with Crippen LogP contribution in [0.3, 0.4) is 0 Å².